The molecule has 130 valence electrons. The summed E-state index contributed by atoms with van der Waals surface area (Å²) in [6, 6.07) is 7.51. The van der Waals surface area contributed by atoms with Gasteiger partial charge in [0.25, 0.3) is 5.91 Å². The van der Waals surface area contributed by atoms with Gasteiger partial charge in [0.15, 0.2) is 5.82 Å². The number of amides is 3. The van der Waals surface area contributed by atoms with Gasteiger partial charge in [-0.05, 0) is 18.1 Å². The number of rotatable bonds is 4. The highest BCUT2D eigenvalue weighted by Crippen LogP contribution is 2.27. The molecule has 0 bridgehead atoms. The van der Waals surface area contributed by atoms with Gasteiger partial charge in [-0.3, -0.25) is 9.69 Å². The Hall–Kier alpha value is -2.74. The molecule has 0 saturated carbocycles. The lowest BCUT2D eigenvalue weighted by Gasteiger charge is -2.17. The molecule has 2 saturated heterocycles. The van der Waals surface area contributed by atoms with Crippen LogP contribution in [0.2, 0.25) is 0 Å². The molecule has 3 heterocycles. The van der Waals surface area contributed by atoms with Crippen LogP contribution in [0.15, 0.2) is 28.8 Å². The van der Waals surface area contributed by atoms with Crippen LogP contribution in [-0.2, 0) is 22.5 Å². The van der Waals surface area contributed by atoms with Crippen LogP contribution in [0, 0.1) is 6.92 Å². The van der Waals surface area contributed by atoms with Gasteiger partial charge < -0.3 is 14.6 Å². The monoisotopic (exact) mass is 342 g/mol. The van der Waals surface area contributed by atoms with E-state index >= 15 is 0 Å². The fourth-order valence-corrected chi connectivity index (χ4v) is 3.19. The average Bonchev–Trinajstić information content (AvgIpc) is 3.28. The Kier molecular flexibility index (Phi) is 3.76. The van der Waals surface area contributed by atoms with Crippen molar-refractivity contribution in [2.24, 2.45) is 0 Å². The number of hydrogen-bond donors (Lipinski definition) is 1. The Morgan fingerprint density at radius 3 is 2.92 bits per heavy atom. The second-order valence-electron chi connectivity index (χ2n) is 6.41. The lowest BCUT2D eigenvalue weighted by Crippen LogP contribution is -2.47. The maximum atomic E-state index is 12.6. The van der Waals surface area contributed by atoms with Gasteiger partial charge in [-0.2, -0.15) is 4.98 Å². The smallest absolute Gasteiger partial charge is 0.325 e. The number of nitrogens with one attached hydrogen (secondary N) is 1. The highest BCUT2D eigenvalue weighted by Gasteiger charge is 2.53. The molecule has 1 aromatic carbocycles. The first-order valence-corrected chi connectivity index (χ1v) is 8.15. The fourth-order valence-electron chi connectivity index (χ4n) is 3.19. The molecule has 1 unspecified atom stereocenters. The van der Waals surface area contributed by atoms with Crippen molar-refractivity contribution in [3.8, 4) is 0 Å². The van der Waals surface area contributed by atoms with Crippen LogP contribution >= 0.6 is 0 Å². The minimum Gasteiger partial charge on any atom is -0.378 e. The van der Waals surface area contributed by atoms with Gasteiger partial charge in [0.05, 0.1) is 6.61 Å². The predicted octanol–water partition coefficient (Wildman–Crippen LogP) is 1.18. The fraction of sp³-hybridized carbons (Fsp3) is 0.412. The van der Waals surface area contributed by atoms with Gasteiger partial charge in [-0.1, -0.05) is 29.4 Å². The standard InChI is InChI=1S/C17H18N4O4/c1-11-4-2-3-5-12(11)8-13-18-14(25-20-13)9-21-15(22)17(19-16(21)23)6-7-24-10-17/h2-5H,6-10H2,1H3,(H,19,23). The topological polar surface area (TPSA) is 97.6 Å². The quantitative estimate of drug-likeness (QED) is 0.838. The third-order valence-corrected chi connectivity index (χ3v) is 4.68. The number of aryl methyl sites for hydroxylation is 1. The second-order valence-corrected chi connectivity index (χ2v) is 6.41. The number of urea groups is 1. The molecule has 2 fully saturated rings. The summed E-state index contributed by atoms with van der Waals surface area (Å²) in [6.07, 6.45) is 1.02. The maximum absolute atomic E-state index is 12.6. The van der Waals surface area contributed by atoms with Gasteiger partial charge in [0, 0.05) is 19.4 Å². The third kappa shape index (κ3) is 2.78. The number of ether oxygens (including phenoxy) is 1. The molecule has 0 aliphatic carbocycles. The number of hydrogen-bond acceptors (Lipinski definition) is 6. The first kappa shape index (κ1) is 15.8. The summed E-state index contributed by atoms with van der Waals surface area (Å²) in [4.78, 5) is 30.1. The Bertz CT molecular complexity index is 826. The van der Waals surface area contributed by atoms with E-state index in [-0.39, 0.29) is 24.9 Å². The molecule has 2 aromatic rings. The summed E-state index contributed by atoms with van der Waals surface area (Å²) in [5.41, 5.74) is 1.32. The molecule has 1 N–H and O–H groups in total. The number of carbonyl (C=O) groups excluding carboxylic acids is 2. The molecule has 1 aromatic heterocycles. The SMILES string of the molecule is Cc1ccccc1Cc1noc(CN2C(=O)NC3(CCOC3)C2=O)n1. The van der Waals surface area contributed by atoms with Crippen LogP contribution in [0.5, 0.6) is 0 Å². The molecule has 3 amide bonds. The lowest BCUT2D eigenvalue weighted by atomic mass is 9.99. The Balaban J connectivity index is 1.47. The summed E-state index contributed by atoms with van der Waals surface area (Å²) in [5.74, 6) is 0.465. The van der Waals surface area contributed by atoms with Gasteiger partial charge in [-0.15, -0.1) is 0 Å². The van der Waals surface area contributed by atoms with Gasteiger partial charge in [0.1, 0.15) is 12.1 Å². The zero-order valence-electron chi connectivity index (χ0n) is 13.8. The van der Waals surface area contributed by atoms with Crippen molar-refractivity contribution in [2.45, 2.75) is 31.8 Å². The van der Waals surface area contributed by atoms with E-state index < -0.39 is 11.6 Å². The molecule has 1 atom stereocenters. The normalized spacial score (nSPS) is 22.8. The van der Waals surface area contributed by atoms with E-state index in [1.165, 1.54) is 0 Å². The van der Waals surface area contributed by atoms with Crippen molar-refractivity contribution in [3.63, 3.8) is 0 Å². The summed E-state index contributed by atoms with van der Waals surface area (Å²) in [5, 5.41) is 6.68. The molecule has 4 rings (SSSR count). The molecule has 0 radical (unpaired) electrons. The van der Waals surface area contributed by atoms with Crippen LogP contribution in [0.4, 0.5) is 4.79 Å². The van der Waals surface area contributed by atoms with E-state index in [1.54, 1.807) is 0 Å². The van der Waals surface area contributed by atoms with Gasteiger partial charge in [-0.25, -0.2) is 4.79 Å². The van der Waals surface area contributed by atoms with E-state index in [4.69, 9.17) is 9.26 Å². The number of benzene rings is 1. The average molecular weight is 342 g/mol. The third-order valence-electron chi connectivity index (χ3n) is 4.68. The van der Waals surface area contributed by atoms with E-state index in [0.29, 0.717) is 25.3 Å². The first-order valence-electron chi connectivity index (χ1n) is 8.15. The van der Waals surface area contributed by atoms with Crippen LogP contribution in [0.3, 0.4) is 0 Å². The lowest BCUT2D eigenvalue weighted by molar-refractivity contribution is -0.131. The van der Waals surface area contributed by atoms with Crippen molar-refractivity contribution in [3.05, 3.63) is 47.1 Å². The zero-order valence-corrected chi connectivity index (χ0v) is 13.8. The summed E-state index contributed by atoms with van der Waals surface area (Å²) >= 11 is 0. The first-order chi connectivity index (χ1) is 12.1. The predicted molar refractivity (Wildman–Crippen MR) is 85.5 cm³/mol. The molecule has 8 nitrogen and oxygen atoms in total. The van der Waals surface area contributed by atoms with Gasteiger partial charge in [0.2, 0.25) is 5.89 Å². The van der Waals surface area contributed by atoms with Crippen LogP contribution < -0.4 is 5.32 Å². The number of nitrogens with zero attached hydrogens (tertiary/aromatic N) is 3. The molecule has 8 heteroatoms. The van der Waals surface area contributed by atoms with E-state index in [0.717, 1.165) is 16.0 Å². The van der Waals surface area contributed by atoms with Crippen LogP contribution in [0.25, 0.3) is 0 Å². The van der Waals surface area contributed by atoms with E-state index in [2.05, 4.69) is 15.5 Å². The highest BCUT2D eigenvalue weighted by molar-refractivity contribution is 6.07. The zero-order chi connectivity index (χ0) is 17.4. The molecular formula is C17H18N4O4. The van der Waals surface area contributed by atoms with Crippen LogP contribution in [0.1, 0.15) is 29.3 Å². The Morgan fingerprint density at radius 1 is 1.32 bits per heavy atom. The molecule has 2 aliphatic heterocycles. The second kappa shape index (κ2) is 5.96. The molecule has 1 spiro atoms. The Morgan fingerprint density at radius 2 is 2.16 bits per heavy atom. The Labute approximate surface area is 144 Å². The summed E-state index contributed by atoms with van der Waals surface area (Å²) < 4.78 is 10.5. The summed E-state index contributed by atoms with van der Waals surface area (Å²) in [7, 11) is 0. The van der Waals surface area contributed by atoms with Crippen molar-refractivity contribution in [2.75, 3.05) is 13.2 Å². The summed E-state index contributed by atoms with van der Waals surface area (Å²) in [6.45, 7) is 2.65. The minimum atomic E-state index is -0.929. The largest absolute Gasteiger partial charge is 0.378 e. The van der Waals surface area contributed by atoms with Crippen molar-refractivity contribution in [1.82, 2.24) is 20.4 Å². The number of aromatic nitrogens is 2. The molecule has 25 heavy (non-hydrogen) atoms. The maximum Gasteiger partial charge on any atom is 0.325 e. The van der Waals surface area contributed by atoms with Crippen molar-refractivity contribution < 1.29 is 18.8 Å². The molecule has 2 aliphatic rings. The van der Waals surface area contributed by atoms with Crippen molar-refractivity contribution in [1.29, 1.82) is 0 Å². The highest BCUT2D eigenvalue weighted by atomic mass is 16.5. The van der Waals surface area contributed by atoms with E-state index in [1.807, 2.05) is 31.2 Å². The van der Waals surface area contributed by atoms with E-state index in [9.17, 15) is 9.59 Å². The van der Waals surface area contributed by atoms with Crippen molar-refractivity contribution >= 4 is 11.9 Å². The minimum absolute atomic E-state index is 0.0345. The van der Waals surface area contributed by atoms with Gasteiger partial charge >= 0.3 is 6.03 Å². The van der Waals surface area contributed by atoms with Crippen LogP contribution in [-0.4, -0.2) is 45.7 Å². The molecular weight excluding hydrogens is 324 g/mol. The number of imide groups is 1. The number of carbonyl (C=O) groups is 2.